The Morgan fingerprint density at radius 1 is 0.526 bits per heavy atom. The SMILES string of the molecule is COC(=O)/C(=C(/C(=O)OC)c1ccc(OC(=O)OC(C)(C)C)cc1)c1ccc(OC(=O)OC(C)(C)C)cc1. The molecule has 0 spiro atoms. The van der Waals surface area contributed by atoms with E-state index in [-0.39, 0.29) is 22.6 Å². The lowest BCUT2D eigenvalue weighted by molar-refractivity contribution is -0.135. The summed E-state index contributed by atoms with van der Waals surface area (Å²) in [6.45, 7) is 10.2. The molecule has 0 unspecified atom stereocenters. The van der Waals surface area contributed by atoms with Gasteiger partial charge in [0, 0.05) is 0 Å². The number of methoxy groups -OCH3 is 2. The fourth-order valence-electron chi connectivity index (χ4n) is 3.05. The molecule has 204 valence electrons. The van der Waals surface area contributed by atoms with E-state index in [1.54, 1.807) is 41.5 Å². The van der Waals surface area contributed by atoms with Gasteiger partial charge in [0.05, 0.1) is 25.4 Å². The Kier molecular flexibility index (Phi) is 9.65. The normalized spacial score (nSPS) is 12.0. The van der Waals surface area contributed by atoms with Crippen molar-refractivity contribution >= 4 is 35.4 Å². The van der Waals surface area contributed by atoms with Crippen LogP contribution in [0.5, 0.6) is 11.5 Å². The van der Waals surface area contributed by atoms with E-state index in [1.807, 2.05) is 0 Å². The minimum absolute atomic E-state index is 0.0935. The van der Waals surface area contributed by atoms with Crippen LogP contribution >= 0.6 is 0 Å². The van der Waals surface area contributed by atoms with E-state index in [4.69, 9.17) is 28.4 Å². The topological polar surface area (TPSA) is 124 Å². The summed E-state index contributed by atoms with van der Waals surface area (Å²) in [7, 11) is 2.35. The third-order valence-corrected chi connectivity index (χ3v) is 4.50. The van der Waals surface area contributed by atoms with Crippen LogP contribution in [0.4, 0.5) is 9.59 Å². The molecule has 0 bridgehead atoms. The van der Waals surface area contributed by atoms with Gasteiger partial charge in [0.2, 0.25) is 0 Å². The third kappa shape index (κ3) is 8.95. The first kappa shape index (κ1) is 29.9. The number of ether oxygens (including phenoxy) is 6. The van der Waals surface area contributed by atoms with Crippen molar-refractivity contribution in [1.82, 2.24) is 0 Å². The molecule has 10 heteroatoms. The zero-order chi connectivity index (χ0) is 28.7. The Labute approximate surface area is 221 Å². The van der Waals surface area contributed by atoms with Crippen LogP contribution in [-0.4, -0.2) is 49.7 Å². The molecule has 38 heavy (non-hydrogen) atoms. The summed E-state index contributed by atoms with van der Waals surface area (Å²) in [5.74, 6) is -1.29. The summed E-state index contributed by atoms with van der Waals surface area (Å²) >= 11 is 0. The number of benzene rings is 2. The summed E-state index contributed by atoms with van der Waals surface area (Å²) in [5, 5.41) is 0. The van der Waals surface area contributed by atoms with Gasteiger partial charge in [-0.3, -0.25) is 0 Å². The van der Waals surface area contributed by atoms with Crippen molar-refractivity contribution in [2.45, 2.75) is 52.7 Å². The highest BCUT2D eigenvalue weighted by Gasteiger charge is 2.26. The quantitative estimate of drug-likeness (QED) is 0.154. The van der Waals surface area contributed by atoms with Gasteiger partial charge < -0.3 is 28.4 Å². The smallest absolute Gasteiger partial charge is 0.465 e. The zero-order valence-corrected chi connectivity index (χ0v) is 22.7. The van der Waals surface area contributed by atoms with Crippen molar-refractivity contribution in [3.05, 3.63) is 59.7 Å². The summed E-state index contributed by atoms with van der Waals surface area (Å²) in [6.07, 6.45) is -1.78. The molecule has 2 rings (SSSR count). The molecular weight excluding hydrogens is 496 g/mol. The molecule has 0 fully saturated rings. The molecule has 0 heterocycles. The van der Waals surface area contributed by atoms with Gasteiger partial charge in [-0.25, -0.2) is 19.2 Å². The van der Waals surface area contributed by atoms with E-state index >= 15 is 0 Å². The van der Waals surface area contributed by atoms with E-state index in [1.165, 1.54) is 62.8 Å². The monoisotopic (exact) mass is 528 g/mol. The minimum atomic E-state index is -0.891. The van der Waals surface area contributed by atoms with Gasteiger partial charge in [0.15, 0.2) is 0 Å². The highest BCUT2D eigenvalue weighted by Crippen LogP contribution is 2.31. The second-order valence-corrected chi connectivity index (χ2v) is 9.91. The standard InChI is InChI=1S/C28H32O10/c1-27(2,3)37-25(31)35-19-13-9-17(10-14-19)21(23(29)33-7)22(24(30)34-8)18-11-15-20(16-12-18)36-26(32)38-28(4,5)6/h9-16H,1-8H3/b22-21+. The highest BCUT2D eigenvalue weighted by molar-refractivity contribution is 6.37. The van der Waals surface area contributed by atoms with Gasteiger partial charge in [-0.05, 0) is 76.9 Å². The Hall–Kier alpha value is -4.34. The molecule has 0 aliphatic carbocycles. The number of carbonyl (C=O) groups is 4. The van der Waals surface area contributed by atoms with Crippen molar-refractivity contribution in [1.29, 1.82) is 0 Å². The number of esters is 2. The van der Waals surface area contributed by atoms with E-state index in [2.05, 4.69) is 0 Å². The Balaban J connectivity index is 2.46. The summed E-state index contributed by atoms with van der Waals surface area (Å²) < 4.78 is 30.5. The summed E-state index contributed by atoms with van der Waals surface area (Å²) in [6, 6.07) is 11.7. The maximum atomic E-state index is 12.8. The minimum Gasteiger partial charge on any atom is -0.465 e. The molecule has 0 atom stereocenters. The van der Waals surface area contributed by atoms with Gasteiger partial charge in [-0.2, -0.15) is 0 Å². The first-order valence-corrected chi connectivity index (χ1v) is 11.6. The summed E-state index contributed by atoms with van der Waals surface area (Å²) in [4.78, 5) is 49.6. The van der Waals surface area contributed by atoms with Crippen LogP contribution in [0, 0.1) is 0 Å². The molecule has 10 nitrogen and oxygen atoms in total. The predicted molar refractivity (Wildman–Crippen MR) is 137 cm³/mol. The molecule has 0 aliphatic heterocycles. The van der Waals surface area contributed by atoms with Gasteiger partial charge in [0.1, 0.15) is 22.7 Å². The molecule has 0 N–H and O–H groups in total. The number of rotatable bonds is 6. The molecule has 0 amide bonds. The van der Waals surface area contributed by atoms with Gasteiger partial charge in [-0.1, -0.05) is 24.3 Å². The van der Waals surface area contributed by atoms with Crippen LogP contribution in [0.2, 0.25) is 0 Å². The Morgan fingerprint density at radius 2 is 0.816 bits per heavy atom. The maximum Gasteiger partial charge on any atom is 0.514 e. The molecule has 0 saturated heterocycles. The lowest BCUT2D eigenvalue weighted by atomic mass is 9.94. The molecule has 0 aliphatic rings. The van der Waals surface area contributed by atoms with Gasteiger partial charge in [-0.15, -0.1) is 0 Å². The Bertz CT molecular complexity index is 1100. The molecule has 0 saturated carbocycles. The van der Waals surface area contributed by atoms with Crippen LogP contribution in [0.15, 0.2) is 48.5 Å². The first-order valence-electron chi connectivity index (χ1n) is 11.6. The van der Waals surface area contributed by atoms with Crippen molar-refractivity contribution in [3.63, 3.8) is 0 Å². The average molecular weight is 529 g/mol. The van der Waals surface area contributed by atoms with Crippen molar-refractivity contribution in [2.24, 2.45) is 0 Å². The van der Waals surface area contributed by atoms with Gasteiger partial charge >= 0.3 is 24.2 Å². The fourth-order valence-corrected chi connectivity index (χ4v) is 3.05. The summed E-state index contributed by atoms with van der Waals surface area (Å²) in [5.41, 5.74) is -1.07. The fraction of sp³-hybridized carbons (Fsp3) is 0.357. The molecular formula is C28H32O10. The Morgan fingerprint density at radius 3 is 1.05 bits per heavy atom. The van der Waals surface area contributed by atoms with E-state index in [9.17, 15) is 19.2 Å². The first-order chi connectivity index (χ1) is 17.6. The maximum absolute atomic E-state index is 12.8. The van der Waals surface area contributed by atoms with Crippen LogP contribution in [0.3, 0.4) is 0 Å². The molecule has 0 radical (unpaired) electrons. The van der Waals surface area contributed by atoms with Crippen LogP contribution in [0.25, 0.3) is 11.1 Å². The molecule has 2 aromatic rings. The highest BCUT2D eigenvalue weighted by atomic mass is 16.7. The second kappa shape index (κ2) is 12.3. The van der Waals surface area contributed by atoms with Gasteiger partial charge in [0.25, 0.3) is 0 Å². The number of hydrogen-bond donors (Lipinski definition) is 0. The van der Waals surface area contributed by atoms with Crippen LogP contribution in [0.1, 0.15) is 52.7 Å². The van der Waals surface area contributed by atoms with Crippen LogP contribution in [-0.2, 0) is 28.5 Å². The van der Waals surface area contributed by atoms with Crippen molar-refractivity contribution < 1.29 is 47.6 Å². The largest absolute Gasteiger partial charge is 0.514 e. The average Bonchev–Trinajstić information content (AvgIpc) is 2.80. The molecule has 2 aromatic carbocycles. The van der Waals surface area contributed by atoms with E-state index in [0.29, 0.717) is 11.1 Å². The number of carbonyl (C=O) groups excluding carboxylic acids is 4. The number of hydrogen-bond acceptors (Lipinski definition) is 10. The predicted octanol–water partition coefficient (Wildman–Crippen LogP) is 5.57. The lowest BCUT2D eigenvalue weighted by Crippen LogP contribution is -2.26. The van der Waals surface area contributed by atoms with Crippen LogP contribution < -0.4 is 9.47 Å². The third-order valence-electron chi connectivity index (χ3n) is 4.50. The molecule has 0 aromatic heterocycles. The van der Waals surface area contributed by atoms with E-state index in [0.717, 1.165) is 0 Å². The van der Waals surface area contributed by atoms with Crippen molar-refractivity contribution in [3.8, 4) is 11.5 Å². The zero-order valence-electron chi connectivity index (χ0n) is 22.7. The van der Waals surface area contributed by atoms with E-state index < -0.39 is 35.5 Å². The second-order valence-electron chi connectivity index (χ2n) is 9.91. The van der Waals surface area contributed by atoms with Crippen molar-refractivity contribution in [2.75, 3.05) is 14.2 Å². The lowest BCUT2D eigenvalue weighted by Gasteiger charge is -2.19.